The van der Waals surface area contributed by atoms with E-state index in [-0.39, 0.29) is 24.1 Å². The molecule has 1 aliphatic rings. The summed E-state index contributed by atoms with van der Waals surface area (Å²) in [6.07, 6.45) is 1.52. The summed E-state index contributed by atoms with van der Waals surface area (Å²) in [5, 5.41) is 4.47. The monoisotopic (exact) mass is 323 g/mol. The van der Waals surface area contributed by atoms with Gasteiger partial charge in [0.15, 0.2) is 9.84 Å². The molecule has 0 fully saturated rings. The van der Waals surface area contributed by atoms with Crippen molar-refractivity contribution in [3.63, 3.8) is 0 Å². The number of ether oxygens (including phenoxy) is 1. The summed E-state index contributed by atoms with van der Waals surface area (Å²) in [5.74, 6) is -0.0276. The van der Waals surface area contributed by atoms with E-state index in [4.69, 9.17) is 11.6 Å². The number of halogens is 3. The molecule has 0 saturated carbocycles. The van der Waals surface area contributed by atoms with Crippen LogP contribution in [0.25, 0.3) is 0 Å². The van der Waals surface area contributed by atoms with Gasteiger partial charge in [0.1, 0.15) is 5.75 Å². The van der Waals surface area contributed by atoms with Gasteiger partial charge >= 0.3 is 6.61 Å². The van der Waals surface area contributed by atoms with Crippen LogP contribution in [0.3, 0.4) is 0 Å². The first-order valence-corrected chi connectivity index (χ1v) is 7.83. The van der Waals surface area contributed by atoms with Gasteiger partial charge in [0.2, 0.25) is 0 Å². The Morgan fingerprint density at radius 2 is 2.20 bits per heavy atom. The van der Waals surface area contributed by atoms with E-state index in [1.165, 1.54) is 24.3 Å². The number of hydrogen-bond acceptors (Lipinski definition) is 4. The van der Waals surface area contributed by atoms with Crippen LogP contribution in [0.4, 0.5) is 8.78 Å². The van der Waals surface area contributed by atoms with Crippen LogP contribution in [-0.2, 0) is 16.4 Å². The molecule has 1 unspecified atom stereocenters. The van der Waals surface area contributed by atoms with E-state index < -0.39 is 16.4 Å². The maximum absolute atomic E-state index is 12.3. The molecule has 2 rings (SSSR count). The van der Waals surface area contributed by atoms with Gasteiger partial charge in [0, 0.05) is 28.6 Å². The largest absolute Gasteiger partial charge is 0.434 e. The zero-order valence-corrected chi connectivity index (χ0v) is 11.8. The highest BCUT2D eigenvalue weighted by atomic mass is 35.5. The smallest absolute Gasteiger partial charge is 0.387 e. The van der Waals surface area contributed by atoms with Crippen LogP contribution in [0.2, 0.25) is 5.02 Å². The predicted octanol–water partition coefficient (Wildman–Crippen LogP) is 2.34. The van der Waals surface area contributed by atoms with E-state index >= 15 is 0 Å². The number of sulfone groups is 1. The highest BCUT2D eigenvalue weighted by Crippen LogP contribution is 2.24. The molecule has 1 aromatic rings. The van der Waals surface area contributed by atoms with Gasteiger partial charge in [-0.3, -0.25) is 0 Å². The van der Waals surface area contributed by atoms with Crippen LogP contribution in [0.1, 0.15) is 5.56 Å². The lowest BCUT2D eigenvalue weighted by molar-refractivity contribution is -0.0505. The average molecular weight is 324 g/mol. The minimum absolute atomic E-state index is 0.0155. The first-order valence-electron chi connectivity index (χ1n) is 5.73. The molecule has 110 valence electrons. The van der Waals surface area contributed by atoms with Crippen LogP contribution in [-0.4, -0.2) is 26.8 Å². The van der Waals surface area contributed by atoms with Gasteiger partial charge in [-0.15, -0.1) is 0 Å². The molecule has 1 atom stereocenters. The Balaban J connectivity index is 2.05. The molecule has 1 aliphatic heterocycles. The fourth-order valence-electron chi connectivity index (χ4n) is 1.84. The van der Waals surface area contributed by atoms with Crippen LogP contribution in [0.15, 0.2) is 29.7 Å². The molecule has 0 spiro atoms. The molecule has 0 aromatic heterocycles. The Morgan fingerprint density at radius 3 is 2.80 bits per heavy atom. The molecule has 0 saturated heterocycles. The molecule has 0 aliphatic carbocycles. The van der Waals surface area contributed by atoms with Gasteiger partial charge in [0.05, 0.1) is 5.75 Å². The average Bonchev–Trinajstić information content (AvgIpc) is 2.69. The molecule has 0 bridgehead atoms. The highest BCUT2D eigenvalue weighted by Gasteiger charge is 2.21. The van der Waals surface area contributed by atoms with Crippen molar-refractivity contribution in [1.29, 1.82) is 0 Å². The van der Waals surface area contributed by atoms with E-state index in [1.807, 2.05) is 0 Å². The van der Waals surface area contributed by atoms with Crippen molar-refractivity contribution >= 4 is 21.4 Å². The van der Waals surface area contributed by atoms with Gasteiger partial charge in [-0.2, -0.15) is 8.78 Å². The Hall–Kier alpha value is -1.18. The SMILES string of the molecule is O=S1(=O)C=CC(NCc2cc(Cl)ccc2OC(F)F)C1. The molecule has 8 heteroatoms. The van der Waals surface area contributed by atoms with Crippen LogP contribution < -0.4 is 10.1 Å². The van der Waals surface area contributed by atoms with E-state index in [1.54, 1.807) is 0 Å². The maximum atomic E-state index is 12.3. The van der Waals surface area contributed by atoms with Gasteiger partial charge in [-0.25, -0.2) is 8.42 Å². The summed E-state index contributed by atoms with van der Waals surface area (Å²) in [7, 11) is -3.16. The summed E-state index contributed by atoms with van der Waals surface area (Å²) in [4.78, 5) is 0. The standard InChI is InChI=1S/C12H12ClF2NO3S/c13-9-1-2-11(19-12(14)15)8(5-9)6-16-10-3-4-20(17,18)7-10/h1-5,10,12,16H,6-7H2. The van der Waals surface area contributed by atoms with Crippen molar-refractivity contribution in [2.45, 2.75) is 19.2 Å². The molecule has 1 heterocycles. The topological polar surface area (TPSA) is 55.4 Å². The fraction of sp³-hybridized carbons (Fsp3) is 0.333. The zero-order chi connectivity index (χ0) is 14.8. The molecule has 0 amide bonds. The lowest BCUT2D eigenvalue weighted by Gasteiger charge is -2.14. The molecular weight excluding hydrogens is 312 g/mol. The fourth-order valence-corrected chi connectivity index (χ4v) is 3.31. The van der Waals surface area contributed by atoms with E-state index in [0.717, 1.165) is 5.41 Å². The molecule has 1 aromatic carbocycles. The predicted molar refractivity (Wildman–Crippen MR) is 71.6 cm³/mol. The van der Waals surface area contributed by atoms with Crippen molar-refractivity contribution in [1.82, 2.24) is 5.32 Å². The van der Waals surface area contributed by atoms with Crippen LogP contribution >= 0.6 is 11.6 Å². The zero-order valence-electron chi connectivity index (χ0n) is 10.2. The lowest BCUT2D eigenvalue weighted by Crippen LogP contribution is -2.29. The van der Waals surface area contributed by atoms with Gasteiger partial charge in [-0.05, 0) is 18.2 Å². The molecule has 4 nitrogen and oxygen atoms in total. The Bertz CT molecular complexity index is 619. The van der Waals surface area contributed by atoms with Crippen LogP contribution in [0.5, 0.6) is 5.75 Å². The summed E-state index contributed by atoms with van der Waals surface area (Å²) in [5.41, 5.74) is 0.440. The van der Waals surface area contributed by atoms with Crippen LogP contribution in [0, 0.1) is 0 Å². The molecular formula is C12H12ClF2NO3S. The van der Waals surface area contributed by atoms with Crippen molar-refractivity contribution in [3.8, 4) is 5.75 Å². The third kappa shape index (κ3) is 4.16. The third-order valence-corrected chi connectivity index (χ3v) is 4.35. The first kappa shape index (κ1) is 15.2. The van der Waals surface area contributed by atoms with E-state index in [2.05, 4.69) is 10.1 Å². The van der Waals surface area contributed by atoms with Crippen molar-refractivity contribution < 1.29 is 21.9 Å². The summed E-state index contributed by atoms with van der Waals surface area (Å²) in [6, 6.07) is 3.95. The molecule has 0 radical (unpaired) electrons. The normalized spacial score (nSPS) is 20.5. The second-order valence-electron chi connectivity index (χ2n) is 4.28. The Labute approximate surface area is 120 Å². The van der Waals surface area contributed by atoms with Crippen molar-refractivity contribution in [2.24, 2.45) is 0 Å². The summed E-state index contributed by atoms with van der Waals surface area (Å²) in [6.45, 7) is -2.76. The van der Waals surface area contributed by atoms with E-state index in [9.17, 15) is 17.2 Å². The number of hydrogen-bond donors (Lipinski definition) is 1. The van der Waals surface area contributed by atoms with Gasteiger partial charge < -0.3 is 10.1 Å². The van der Waals surface area contributed by atoms with Gasteiger partial charge in [-0.1, -0.05) is 17.7 Å². The van der Waals surface area contributed by atoms with E-state index in [0.29, 0.717) is 10.6 Å². The lowest BCUT2D eigenvalue weighted by atomic mass is 10.2. The number of rotatable bonds is 5. The van der Waals surface area contributed by atoms with Gasteiger partial charge in [0.25, 0.3) is 0 Å². The third-order valence-electron chi connectivity index (χ3n) is 2.72. The van der Waals surface area contributed by atoms with Crippen molar-refractivity contribution in [3.05, 3.63) is 40.3 Å². The molecule has 1 N–H and O–H groups in total. The minimum atomic E-state index is -3.16. The van der Waals surface area contributed by atoms with Crippen molar-refractivity contribution in [2.75, 3.05) is 5.75 Å². The minimum Gasteiger partial charge on any atom is -0.434 e. The maximum Gasteiger partial charge on any atom is 0.387 e. The quantitative estimate of drug-likeness (QED) is 0.903. The highest BCUT2D eigenvalue weighted by molar-refractivity contribution is 7.94. The Morgan fingerprint density at radius 1 is 1.45 bits per heavy atom. The number of benzene rings is 1. The number of nitrogens with one attached hydrogen (secondary N) is 1. The molecule has 20 heavy (non-hydrogen) atoms. The second kappa shape index (κ2) is 6.07. The summed E-state index contributed by atoms with van der Waals surface area (Å²) >= 11 is 5.81. The summed E-state index contributed by atoms with van der Waals surface area (Å²) < 4.78 is 51.4. The second-order valence-corrected chi connectivity index (χ2v) is 6.64. The Kier molecular flexibility index (Phi) is 4.62. The number of alkyl halides is 2. The first-order chi connectivity index (χ1) is 9.35.